The van der Waals surface area contributed by atoms with Gasteiger partial charge in [-0.1, -0.05) is 28.1 Å². The van der Waals surface area contributed by atoms with E-state index in [0.29, 0.717) is 26.0 Å². The zero-order chi connectivity index (χ0) is 19.0. The number of amides is 2. The number of ether oxygens (including phenoxy) is 1. The topological polar surface area (TPSA) is 58.6 Å². The molecule has 1 saturated heterocycles. The lowest BCUT2D eigenvalue weighted by Crippen LogP contribution is -2.40. The molecule has 0 saturated carbocycles. The Morgan fingerprint density at radius 3 is 2.78 bits per heavy atom. The number of carbonyl (C=O) groups excluding carboxylic acids is 2. The van der Waals surface area contributed by atoms with Gasteiger partial charge in [0.05, 0.1) is 18.3 Å². The lowest BCUT2D eigenvalue weighted by atomic mass is 9.99. The molecule has 0 spiro atoms. The Morgan fingerprint density at radius 2 is 1.96 bits per heavy atom. The summed E-state index contributed by atoms with van der Waals surface area (Å²) in [5.74, 6) is -0.244. The molecule has 140 valence electrons. The lowest BCUT2D eigenvalue weighted by Gasteiger charge is -2.27. The van der Waals surface area contributed by atoms with Crippen LogP contribution in [-0.2, 0) is 9.59 Å². The second kappa shape index (κ2) is 7.64. The fourth-order valence-electron chi connectivity index (χ4n) is 3.62. The van der Waals surface area contributed by atoms with Crippen LogP contribution in [-0.4, -0.2) is 25.0 Å². The number of nitrogens with zero attached hydrogens (tertiary/aromatic N) is 1. The number of benzene rings is 2. The van der Waals surface area contributed by atoms with E-state index in [4.69, 9.17) is 4.74 Å². The normalized spacial score (nSPS) is 21.6. The average molecular weight is 494 g/mol. The van der Waals surface area contributed by atoms with E-state index in [-0.39, 0.29) is 17.9 Å². The van der Waals surface area contributed by atoms with Crippen LogP contribution in [0.5, 0.6) is 5.75 Å². The number of carbonyl (C=O) groups is 2. The van der Waals surface area contributed by atoms with Crippen molar-refractivity contribution in [2.24, 2.45) is 5.92 Å². The van der Waals surface area contributed by atoms with Crippen molar-refractivity contribution in [2.45, 2.75) is 18.9 Å². The van der Waals surface area contributed by atoms with Gasteiger partial charge in [0, 0.05) is 27.5 Å². The summed E-state index contributed by atoms with van der Waals surface area (Å²) in [6.45, 7) is 1.08. The van der Waals surface area contributed by atoms with Crippen molar-refractivity contribution < 1.29 is 14.3 Å². The van der Waals surface area contributed by atoms with Crippen LogP contribution >= 0.6 is 31.9 Å². The van der Waals surface area contributed by atoms with Crippen molar-refractivity contribution in [3.05, 3.63) is 57.0 Å². The van der Waals surface area contributed by atoms with E-state index in [0.717, 1.165) is 25.9 Å². The number of halogens is 2. The Bertz CT molecular complexity index is 903. The molecule has 2 heterocycles. The van der Waals surface area contributed by atoms with Gasteiger partial charge in [-0.25, -0.2) is 0 Å². The number of anilines is 1. The van der Waals surface area contributed by atoms with Crippen LogP contribution in [0.2, 0.25) is 0 Å². The molecule has 2 aliphatic heterocycles. The SMILES string of the molecule is O=C(NC1CCOc2ccc(Br)cc21)C1CCN(c2ccccc2Br)C1=O. The molecule has 27 heavy (non-hydrogen) atoms. The minimum atomic E-state index is -0.657. The van der Waals surface area contributed by atoms with Crippen LogP contribution < -0.4 is 15.0 Å². The smallest absolute Gasteiger partial charge is 0.239 e. The molecule has 0 aromatic heterocycles. The first kappa shape index (κ1) is 18.5. The van der Waals surface area contributed by atoms with Gasteiger partial charge in [0.1, 0.15) is 11.7 Å². The third-order valence-corrected chi connectivity index (χ3v) is 6.16. The predicted molar refractivity (Wildman–Crippen MR) is 110 cm³/mol. The van der Waals surface area contributed by atoms with Crippen LogP contribution in [0.3, 0.4) is 0 Å². The maximum atomic E-state index is 12.9. The van der Waals surface area contributed by atoms with Crippen molar-refractivity contribution in [2.75, 3.05) is 18.1 Å². The maximum Gasteiger partial charge on any atom is 0.239 e. The number of hydrogen-bond acceptors (Lipinski definition) is 3. The Kier molecular flexibility index (Phi) is 5.23. The minimum absolute atomic E-state index is 0.149. The summed E-state index contributed by atoms with van der Waals surface area (Å²) < 4.78 is 7.46. The molecule has 2 aromatic rings. The zero-order valence-corrected chi connectivity index (χ0v) is 17.6. The summed E-state index contributed by atoms with van der Waals surface area (Å²) in [6, 6.07) is 13.2. The van der Waals surface area contributed by atoms with Gasteiger partial charge in [0.25, 0.3) is 0 Å². The Labute approximate surface area is 174 Å². The van der Waals surface area contributed by atoms with Crippen molar-refractivity contribution in [1.29, 1.82) is 0 Å². The van der Waals surface area contributed by atoms with Crippen LogP contribution in [0.4, 0.5) is 5.69 Å². The summed E-state index contributed by atoms with van der Waals surface area (Å²) in [5, 5.41) is 3.06. The van der Waals surface area contributed by atoms with E-state index in [1.54, 1.807) is 4.90 Å². The quantitative estimate of drug-likeness (QED) is 0.651. The molecule has 0 aliphatic carbocycles. The standard InChI is InChI=1S/C20H18Br2N2O3/c21-12-5-6-18-14(11-12)16(8-10-27-18)23-19(25)13-7-9-24(20(13)26)17-4-2-1-3-15(17)22/h1-6,11,13,16H,7-10H2,(H,23,25). The molecule has 4 rings (SSSR count). The molecule has 1 N–H and O–H groups in total. The summed E-state index contributed by atoms with van der Waals surface area (Å²) in [5.41, 5.74) is 1.75. The van der Waals surface area contributed by atoms with E-state index in [9.17, 15) is 9.59 Å². The Hall–Kier alpha value is -1.86. The maximum absolute atomic E-state index is 12.9. The average Bonchev–Trinajstić information content (AvgIpc) is 3.04. The van der Waals surface area contributed by atoms with Crippen molar-refractivity contribution in [3.63, 3.8) is 0 Å². The second-order valence-corrected chi connectivity index (χ2v) is 8.43. The zero-order valence-electron chi connectivity index (χ0n) is 14.5. The van der Waals surface area contributed by atoms with E-state index in [1.807, 2.05) is 42.5 Å². The number of para-hydroxylation sites is 1. The summed E-state index contributed by atoms with van der Waals surface area (Å²) in [4.78, 5) is 27.4. The number of hydrogen-bond donors (Lipinski definition) is 1. The van der Waals surface area contributed by atoms with E-state index in [1.165, 1.54) is 0 Å². The fraction of sp³-hybridized carbons (Fsp3) is 0.300. The van der Waals surface area contributed by atoms with Gasteiger partial charge >= 0.3 is 0 Å². The highest BCUT2D eigenvalue weighted by Crippen LogP contribution is 2.35. The molecular formula is C20H18Br2N2O3. The number of rotatable bonds is 3. The molecular weight excluding hydrogens is 476 g/mol. The predicted octanol–water partition coefficient (Wildman–Crippen LogP) is 4.20. The molecule has 2 amide bonds. The number of fused-ring (bicyclic) bond motifs is 1. The summed E-state index contributed by atoms with van der Waals surface area (Å²) in [7, 11) is 0. The summed E-state index contributed by atoms with van der Waals surface area (Å²) in [6.07, 6.45) is 1.20. The van der Waals surface area contributed by atoms with E-state index in [2.05, 4.69) is 37.2 Å². The third kappa shape index (κ3) is 3.62. The van der Waals surface area contributed by atoms with E-state index >= 15 is 0 Å². The highest BCUT2D eigenvalue weighted by atomic mass is 79.9. The van der Waals surface area contributed by atoms with E-state index < -0.39 is 5.92 Å². The molecule has 0 radical (unpaired) electrons. The number of nitrogens with one attached hydrogen (secondary N) is 1. The lowest BCUT2D eigenvalue weighted by molar-refractivity contribution is -0.132. The first-order valence-corrected chi connectivity index (χ1v) is 10.4. The Morgan fingerprint density at radius 1 is 1.15 bits per heavy atom. The molecule has 7 heteroatoms. The molecule has 1 fully saturated rings. The van der Waals surface area contributed by atoms with Crippen molar-refractivity contribution in [3.8, 4) is 5.75 Å². The second-order valence-electron chi connectivity index (χ2n) is 6.66. The first-order valence-electron chi connectivity index (χ1n) is 8.83. The molecule has 2 atom stereocenters. The van der Waals surface area contributed by atoms with Crippen molar-refractivity contribution in [1.82, 2.24) is 5.32 Å². The molecule has 2 aromatic carbocycles. The van der Waals surface area contributed by atoms with Gasteiger partial charge in [-0.3, -0.25) is 9.59 Å². The fourth-order valence-corrected chi connectivity index (χ4v) is 4.50. The molecule has 5 nitrogen and oxygen atoms in total. The van der Waals surface area contributed by atoms with Crippen LogP contribution in [0.15, 0.2) is 51.4 Å². The van der Waals surface area contributed by atoms with Gasteiger partial charge in [-0.15, -0.1) is 0 Å². The molecule has 0 bridgehead atoms. The summed E-state index contributed by atoms with van der Waals surface area (Å²) >= 11 is 6.95. The minimum Gasteiger partial charge on any atom is -0.493 e. The van der Waals surface area contributed by atoms with Gasteiger partial charge in [-0.05, 0) is 52.7 Å². The van der Waals surface area contributed by atoms with Crippen molar-refractivity contribution >= 4 is 49.4 Å². The largest absolute Gasteiger partial charge is 0.493 e. The van der Waals surface area contributed by atoms with Gasteiger partial charge in [0.15, 0.2) is 0 Å². The third-order valence-electron chi connectivity index (χ3n) is 4.99. The van der Waals surface area contributed by atoms with Crippen LogP contribution in [0.1, 0.15) is 24.4 Å². The van der Waals surface area contributed by atoms with Gasteiger partial charge in [0.2, 0.25) is 11.8 Å². The van der Waals surface area contributed by atoms with Crippen LogP contribution in [0, 0.1) is 5.92 Å². The highest BCUT2D eigenvalue weighted by molar-refractivity contribution is 9.10. The monoisotopic (exact) mass is 492 g/mol. The van der Waals surface area contributed by atoms with Gasteiger partial charge in [-0.2, -0.15) is 0 Å². The Balaban J connectivity index is 1.50. The van der Waals surface area contributed by atoms with Gasteiger partial charge < -0.3 is 15.0 Å². The molecule has 2 unspecified atom stereocenters. The highest BCUT2D eigenvalue weighted by Gasteiger charge is 2.39. The van der Waals surface area contributed by atoms with Crippen LogP contribution in [0.25, 0.3) is 0 Å². The first-order chi connectivity index (χ1) is 13.0. The molecule has 2 aliphatic rings.